The van der Waals surface area contributed by atoms with Crippen LogP contribution in [0.15, 0.2) is 0 Å². The molecule has 4 heteroatoms. The summed E-state index contributed by atoms with van der Waals surface area (Å²) in [4.78, 5) is 13.2. The third kappa shape index (κ3) is 5.60. The van der Waals surface area contributed by atoms with E-state index in [0.717, 1.165) is 19.6 Å². The van der Waals surface area contributed by atoms with Crippen LogP contribution in [-0.2, 0) is 4.79 Å². The smallest absolute Gasteiger partial charge is 0.233 e. The monoisotopic (exact) mass is 187 g/mol. The van der Waals surface area contributed by atoms with E-state index in [-0.39, 0.29) is 18.5 Å². The van der Waals surface area contributed by atoms with E-state index < -0.39 is 0 Å². The summed E-state index contributed by atoms with van der Waals surface area (Å²) in [6.45, 7) is 9.20. The molecule has 0 rings (SSSR count). The van der Waals surface area contributed by atoms with Crippen LogP contribution in [0.3, 0.4) is 0 Å². The first-order valence-electron chi connectivity index (χ1n) is 4.85. The maximum atomic E-state index is 10.9. The normalized spacial score (nSPS) is 13.0. The maximum absolute atomic E-state index is 10.9. The first-order chi connectivity index (χ1) is 6.13. The first-order valence-corrected chi connectivity index (χ1v) is 4.85. The van der Waals surface area contributed by atoms with E-state index in [2.05, 4.69) is 24.1 Å². The molecule has 0 aromatic carbocycles. The Balaban J connectivity index is 3.71. The SMILES string of the molecule is CCN(CC)CC(C)NC(=O)CN. The Bertz CT molecular complexity index is 146. The molecule has 0 fully saturated rings. The average Bonchev–Trinajstić information content (AvgIpc) is 2.13. The van der Waals surface area contributed by atoms with Crippen molar-refractivity contribution in [1.82, 2.24) is 10.2 Å². The van der Waals surface area contributed by atoms with Crippen molar-refractivity contribution in [1.29, 1.82) is 0 Å². The lowest BCUT2D eigenvalue weighted by atomic mass is 10.3. The van der Waals surface area contributed by atoms with Crippen LogP contribution in [-0.4, -0.2) is 43.0 Å². The molecule has 0 saturated carbocycles. The summed E-state index contributed by atoms with van der Waals surface area (Å²) in [5, 5.41) is 2.82. The van der Waals surface area contributed by atoms with Crippen molar-refractivity contribution in [2.45, 2.75) is 26.8 Å². The summed E-state index contributed by atoms with van der Waals surface area (Å²) >= 11 is 0. The first kappa shape index (κ1) is 12.4. The molecular formula is C9H21N3O. The molecule has 0 radical (unpaired) electrons. The Hall–Kier alpha value is -0.610. The van der Waals surface area contributed by atoms with Crippen molar-refractivity contribution in [2.75, 3.05) is 26.2 Å². The Morgan fingerprint density at radius 2 is 2.00 bits per heavy atom. The van der Waals surface area contributed by atoms with Gasteiger partial charge in [0.15, 0.2) is 0 Å². The van der Waals surface area contributed by atoms with Gasteiger partial charge in [-0.15, -0.1) is 0 Å². The number of nitrogens with zero attached hydrogens (tertiary/aromatic N) is 1. The number of rotatable bonds is 6. The molecule has 13 heavy (non-hydrogen) atoms. The van der Waals surface area contributed by atoms with Gasteiger partial charge in [0.05, 0.1) is 6.54 Å². The standard InChI is InChI=1S/C9H21N3O/c1-4-12(5-2)7-8(3)11-9(13)6-10/h8H,4-7,10H2,1-3H3,(H,11,13). The Labute approximate surface area is 80.5 Å². The van der Waals surface area contributed by atoms with E-state index in [1.165, 1.54) is 0 Å². The van der Waals surface area contributed by atoms with E-state index in [1.807, 2.05) is 6.92 Å². The third-order valence-electron chi connectivity index (χ3n) is 2.02. The van der Waals surface area contributed by atoms with Crippen LogP contribution in [0.4, 0.5) is 0 Å². The van der Waals surface area contributed by atoms with Gasteiger partial charge in [-0.2, -0.15) is 0 Å². The van der Waals surface area contributed by atoms with Crippen LogP contribution >= 0.6 is 0 Å². The van der Waals surface area contributed by atoms with Gasteiger partial charge >= 0.3 is 0 Å². The van der Waals surface area contributed by atoms with Crippen LogP contribution in [0.2, 0.25) is 0 Å². The fourth-order valence-electron chi connectivity index (χ4n) is 1.25. The van der Waals surface area contributed by atoms with Crippen LogP contribution in [0.5, 0.6) is 0 Å². The highest BCUT2D eigenvalue weighted by Crippen LogP contribution is 1.90. The van der Waals surface area contributed by atoms with Gasteiger partial charge < -0.3 is 16.0 Å². The number of carbonyl (C=O) groups is 1. The minimum absolute atomic E-state index is 0.0720. The average molecular weight is 187 g/mol. The number of nitrogens with one attached hydrogen (secondary N) is 1. The van der Waals surface area contributed by atoms with E-state index in [1.54, 1.807) is 0 Å². The molecule has 0 spiro atoms. The molecule has 0 aromatic rings. The molecule has 1 amide bonds. The van der Waals surface area contributed by atoms with Crippen molar-refractivity contribution >= 4 is 5.91 Å². The molecule has 0 heterocycles. The summed E-state index contributed by atoms with van der Waals surface area (Å²) < 4.78 is 0. The summed E-state index contributed by atoms with van der Waals surface area (Å²) in [7, 11) is 0. The van der Waals surface area contributed by atoms with Crippen LogP contribution in [0.25, 0.3) is 0 Å². The Morgan fingerprint density at radius 1 is 1.46 bits per heavy atom. The van der Waals surface area contributed by atoms with Crippen molar-refractivity contribution in [2.24, 2.45) is 5.73 Å². The quantitative estimate of drug-likeness (QED) is 0.605. The van der Waals surface area contributed by atoms with Crippen LogP contribution < -0.4 is 11.1 Å². The van der Waals surface area contributed by atoms with Gasteiger partial charge in [0.2, 0.25) is 5.91 Å². The van der Waals surface area contributed by atoms with E-state index in [4.69, 9.17) is 5.73 Å². The molecule has 0 bridgehead atoms. The Morgan fingerprint density at radius 3 is 2.38 bits per heavy atom. The highest BCUT2D eigenvalue weighted by atomic mass is 16.1. The summed E-state index contributed by atoms with van der Waals surface area (Å²) in [6.07, 6.45) is 0. The van der Waals surface area contributed by atoms with Gasteiger partial charge in [-0.1, -0.05) is 13.8 Å². The van der Waals surface area contributed by atoms with E-state index in [9.17, 15) is 4.79 Å². The molecule has 0 saturated heterocycles. The predicted molar refractivity (Wildman–Crippen MR) is 54.4 cm³/mol. The zero-order chi connectivity index (χ0) is 10.3. The number of hydrogen-bond acceptors (Lipinski definition) is 3. The molecule has 1 unspecified atom stereocenters. The molecule has 78 valence electrons. The van der Waals surface area contributed by atoms with Crippen LogP contribution in [0, 0.1) is 0 Å². The van der Waals surface area contributed by atoms with E-state index >= 15 is 0 Å². The minimum Gasteiger partial charge on any atom is -0.351 e. The second kappa shape index (κ2) is 6.86. The second-order valence-electron chi connectivity index (χ2n) is 3.16. The maximum Gasteiger partial charge on any atom is 0.233 e. The number of likely N-dealkylation sites (N-methyl/N-ethyl adjacent to an activating group) is 1. The largest absolute Gasteiger partial charge is 0.351 e. The lowest BCUT2D eigenvalue weighted by Crippen LogP contribution is -2.44. The van der Waals surface area contributed by atoms with Crippen molar-refractivity contribution < 1.29 is 4.79 Å². The van der Waals surface area contributed by atoms with Crippen molar-refractivity contribution in [3.8, 4) is 0 Å². The highest BCUT2D eigenvalue weighted by Gasteiger charge is 2.08. The van der Waals surface area contributed by atoms with Gasteiger partial charge in [-0.25, -0.2) is 0 Å². The molecule has 4 nitrogen and oxygen atoms in total. The molecule has 0 aliphatic carbocycles. The highest BCUT2D eigenvalue weighted by molar-refractivity contribution is 5.77. The van der Waals surface area contributed by atoms with Gasteiger partial charge in [-0.3, -0.25) is 4.79 Å². The topological polar surface area (TPSA) is 58.4 Å². The molecule has 0 aliphatic rings. The predicted octanol–water partition coefficient (Wildman–Crippen LogP) is -0.208. The number of amides is 1. The molecule has 0 aromatic heterocycles. The summed E-state index contributed by atoms with van der Waals surface area (Å²) in [6, 6.07) is 0.177. The van der Waals surface area contributed by atoms with Gasteiger partial charge in [0.25, 0.3) is 0 Å². The summed E-state index contributed by atoms with van der Waals surface area (Å²) in [5.74, 6) is -0.0837. The summed E-state index contributed by atoms with van der Waals surface area (Å²) in [5.41, 5.74) is 5.19. The number of nitrogens with two attached hydrogens (primary N) is 1. The molecule has 0 aliphatic heterocycles. The number of carbonyl (C=O) groups excluding carboxylic acids is 1. The Kier molecular flexibility index (Phi) is 6.54. The lowest BCUT2D eigenvalue weighted by molar-refractivity contribution is -0.120. The van der Waals surface area contributed by atoms with Crippen LogP contribution in [0.1, 0.15) is 20.8 Å². The molecular weight excluding hydrogens is 166 g/mol. The fourth-order valence-corrected chi connectivity index (χ4v) is 1.25. The zero-order valence-electron chi connectivity index (χ0n) is 8.84. The molecule has 1 atom stereocenters. The minimum atomic E-state index is -0.0837. The van der Waals surface area contributed by atoms with E-state index in [0.29, 0.717) is 0 Å². The number of hydrogen-bond donors (Lipinski definition) is 2. The molecule has 3 N–H and O–H groups in total. The fraction of sp³-hybridized carbons (Fsp3) is 0.889. The zero-order valence-corrected chi connectivity index (χ0v) is 8.84. The van der Waals surface area contributed by atoms with Crippen molar-refractivity contribution in [3.63, 3.8) is 0 Å². The van der Waals surface area contributed by atoms with Crippen molar-refractivity contribution in [3.05, 3.63) is 0 Å². The lowest BCUT2D eigenvalue weighted by Gasteiger charge is -2.23. The third-order valence-corrected chi connectivity index (χ3v) is 2.02. The second-order valence-corrected chi connectivity index (χ2v) is 3.16. The van der Waals surface area contributed by atoms with Gasteiger partial charge in [0.1, 0.15) is 0 Å². The van der Waals surface area contributed by atoms with Gasteiger partial charge in [0, 0.05) is 12.6 Å². The van der Waals surface area contributed by atoms with Gasteiger partial charge in [-0.05, 0) is 20.0 Å².